The molecule has 1 heterocycles. The molecule has 4 heteroatoms. The Bertz CT molecular complexity index is 417. The highest BCUT2D eigenvalue weighted by molar-refractivity contribution is 5.90. The first-order valence-electron chi connectivity index (χ1n) is 6.52. The van der Waals surface area contributed by atoms with Gasteiger partial charge in [-0.3, -0.25) is 4.68 Å². The topological polar surface area (TPSA) is 55.1 Å². The molecular weight excluding hydrogens is 216 g/mol. The third kappa shape index (κ3) is 2.08. The molecule has 1 N–H and O–H groups in total. The minimum atomic E-state index is -0.831. The van der Waals surface area contributed by atoms with Crippen molar-refractivity contribution in [2.24, 2.45) is 0 Å². The first kappa shape index (κ1) is 12.1. The molecule has 1 aliphatic rings. The molecule has 1 saturated carbocycles. The second-order valence-corrected chi connectivity index (χ2v) is 4.66. The van der Waals surface area contributed by atoms with Crippen LogP contribution in [0.3, 0.4) is 0 Å². The molecule has 0 amide bonds. The highest BCUT2D eigenvalue weighted by atomic mass is 16.4. The van der Waals surface area contributed by atoms with Gasteiger partial charge in [0.2, 0.25) is 0 Å². The Labute approximate surface area is 102 Å². The van der Waals surface area contributed by atoms with E-state index in [4.69, 9.17) is 0 Å². The fourth-order valence-corrected chi connectivity index (χ4v) is 2.81. The standard InChI is InChI=1S/C13H20N2O2/c1-3-10-12(13(16)17)11(4-2)15(14-10)9-7-5-6-8-9/h9H,3-8H2,1-2H3,(H,16,17). The van der Waals surface area contributed by atoms with E-state index in [1.165, 1.54) is 12.8 Å². The van der Waals surface area contributed by atoms with Gasteiger partial charge in [-0.2, -0.15) is 5.10 Å². The van der Waals surface area contributed by atoms with E-state index in [1.54, 1.807) is 0 Å². The predicted octanol–water partition coefficient (Wildman–Crippen LogP) is 2.82. The quantitative estimate of drug-likeness (QED) is 0.874. The van der Waals surface area contributed by atoms with E-state index in [1.807, 2.05) is 18.5 Å². The highest BCUT2D eigenvalue weighted by Crippen LogP contribution is 2.32. The molecule has 17 heavy (non-hydrogen) atoms. The number of aryl methyl sites for hydroxylation is 1. The van der Waals surface area contributed by atoms with Gasteiger partial charge in [-0.25, -0.2) is 4.79 Å². The van der Waals surface area contributed by atoms with Crippen molar-refractivity contribution in [3.05, 3.63) is 17.0 Å². The number of carboxylic acids is 1. The van der Waals surface area contributed by atoms with Gasteiger partial charge in [-0.05, 0) is 25.7 Å². The van der Waals surface area contributed by atoms with Crippen LogP contribution >= 0.6 is 0 Å². The van der Waals surface area contributed by atoms with Gasteiger partial charge in [0.05, 0.1) is 17.4 Å². The maximum Gasteiger partial charge on any atom is 0.339 e. The van der Waals surface area contributed by atoms with Crippen LogP contribution in [0, 0.1) is 0 Å². The lowest BCUT2D eigenvalue weighted by molar-refractivity contribution is 0.0694. The zero-order valence-electron chi connectivity index (χ0n) is 10.6. The maximum atomic E-state index is 11.3. The molecule has 1 fully saturated rings. The third-order valence-corrected chi connectivity index (χ3v) is 3.64. The van der Waals surface area contributed by atoms with Crippen LogP contribution < -0.4 is 0 Å². The lowest BCUT2D eigenvalue weighted by Crippen LogP contribution is -2.11. The maximum absolute atomic E-state index is 11.3. The van der Waals surface area contributed by atoms with E-state index < -0.39 is 5.97 Å². The summed E-state index contributed by atoms with van der Waals surface area (Å²) in [7, 11) is 0. The van der Waals surface area contributed by atoms with Crippen LogP contribution in [0.4, 0.5) is 0 Å². The SMILES string of the molecule is CCc1nn(C2CCCC2)c(CC)c1C(=O)O. The fraction of sp³-hybridized carbons (Fsp3) is 0.692. The summed E-state index contributed by atoms with van der Waals surface area (Å²) < 4.78 is 2.00. The van der Waals surface area contributed by atoms with Crippen LogP contribution in [0.5, 0.6) is 0 Å². The van der Waals surface area contributed by atoms with Gasteiger partial charge in [0.15, 0.2) is 0 Å². The van der Waals surface area contributed by atoms with Crippen molar-refractivity contribution in [3.8, 4) is 0 Å². The smallest absolute Gasteiger partial charge is 0.339 e. The van der Waals surface area contributed by atoms with Crippen LogP contribution in [-0.2, 0) is 12.8 Å². The largest absolute Gasteiger partial charge is 0.478 e. The number of carboxylic acid groups (broad SMARTS) is 1. The monoisotopic (exact) mass is 236 g/mol. The second-order valence-electron chi connectivity index (χ2n) is 4.66. The van der Waals surface area contributed by atoms with Crippen molar-refractivity contribution in [2.45, 2.75) is 58.4 Å². The van der Waals surface area contributed by atoms with E-state index in [-0.39, 0.29) is 0 Å². The van der Waals surface area contributed by atoms with Crippen molar-refractivity contribution >= 4 is 5.97 Å². The molecule has 4 nitrogen and oxygen atoms in total. The molecular formula is C13H20N2O2. The molecule has 1 aliphatic carbocycles. The first-order chi connectivity index (χ1) is 8.19. The summed E-state index contributed by atoms with van der Waals surface area (Å²) in [5.41, 5.74) is 2.09. The fourth-order valence-electron chi connectivity index (χ4n) is 2.81. The molecule has 0 spiro atoms. The number of carbonyl (C=O) groups is 1. The molecule has 0 aliphatic heterocycles. The molecule has 0 radical (unpaired) electrons. The zero-order chi connectivity index (χ0) is 12.4. The lowest BCUT2D eigenvalue weighted by Gasteiger charge is -2.13. The van der Waals surface area contributed by atoms with Crippen LogP contribution in [0.15, 0.2) is 0 Å². The second kappa shape index (κ2) is 4.90. The van der Waals surface area contributed by atoms with Crippen LogP contribution in [-0.4, -0.2) is 20.9 Å². The van der Waals surface area contributed by atoms with Crippen molar-refractivity contribution < 1.29 is 9.90 Å². The Balaban J connectivity index is 2.47. The van der Waals surface area contributed by atoms with Crippen molar-refractivity contribution in [1.29, 1.82) is 0 Å². The van der Waals surface area contributed by atoms with Crippen molar-refractivity contribution in [3.63, 3.8) is 0 Å². The number of aromatic nitrogens is 2. The highest BCUT2D eigenvalue weighted by Gasteiger charge is 2.26. The first-order valence-corrected chi connectivity index (χ1v) is 6.52. The third-order valence-electron chi connectivity index (χ3n) is 3.64. The Hall–Kier alpha value is -1.32. The molecule has 1 aromatic heterocycles. The lowest BCUT2D eigenvalue weighted by atomic mass is 10.1. The van der Waals surface area contributed by atoms with E-state index in [0.29, 0.717) is 18.0 Å². The summed E-state index contributed by atoms with van der Waals surface area (Å²) in [4.78, 5) is 11.3. The van der Waals surface area contributed by atoms with Gasteiger partial charge >= 0.3 is 5.97 Å². The van der Waals surface area contributed by atoms with Gasteiger partial charge < -0.3 is 5.11 Å². The van der Waals surface area contributed by atoms with E-state index in [9.17, 15) is 9.90 Å². The average molecular weight is 236 g/mol. The average Bonchev–Trinajstić information content (AvgIpc) is 2.94. The minimum Gasteiger partial charge on any atom is -0.478 e. The van der Waals surface area contributed by atoms with Gasteiger partial charge in [0.25, 0.3) is 0 Å². The van der Waals surface area contributed by atoms with E-state index in [2.05, 4.69) is 5.10 Å². The summed E-state index contributed by atoms with van der Waals surface area (Å²) in [6.07, 6.45) is 6.17. The van der Waals surface area contributed by atoms with Gasteiger partial charge in [0, 0.05) is 0 Å². The summed E-state index contributed by atoms with van der Waals surface area (Å²) in [6, 6.07) is 0.420. The molecule has 0 aromatic carbocycles. The summed E-state index contributed by atoms with van der Waals surface area (Å²) in [6.45, 7) is 3.97. The Morgan fingerprint density at radius 1 is 1.35 bits per heavy atom. The Kier molecular flexibility index (Phi) is 3.50. The van der Waals surface area contributed by atoms with Crippen molar-refractivity contribution in [2.75, 3.05) is 0 Å². The van der Waals surface area contributed by atoms with Gasteiger partial charge in [0.1, 0.15) is 5.56 Å². The minimum absolute atomic E-state index is 0.420. The summed E-state index contributed by atoms with van der Waals surface area (Å²) in [5.74, 6) is -0.831. The molecule has 0 unspecified atom stereocenters. The normalized spacial score (nSPS) is 16.6. The van der Waals surface area contributed by atoms with Crippen LogP contribution in [0.25, 0.3) is 0 Å². The number of rotatable bonds is 4. The van der Waals surface area contributed by atoms with Crippen LogP contribution in [0.2, 0.25) is 0 Å². The molecule has 1 aromatic rings. The molecule has 94 valence electrons. The number of hydrogen-bond donors (Lipinski definition) is 1. The molecule has 0 saturated heterocycles. The molecule has 0 atom stereocenters. The van der Waals surface area contributed by atoms with Gasteiger partial charge in [-0.15, -0.1) is 0 Å². The van der Waals surface area contributed by atoms with Crippen molar-refractivity contribution in [1.82, 2.24) is 9.78 Å². The predicted molar refractivity (Wildman–Crippen MR) is 65.4 cm³/mol. The number of nitrogens with zero attached hydrogens (tertiary/aromatic N) is 2. The van der Waals surface area contributed by atoms with E-state index in [0.717, 1.165) is 30.7 Å². The Morgan fingerprint density at radius 3 is 2.47 bits per heavy atom. The van der Waals surface area contributed by atoms with Gasteiger partial charge in [-0.1, -0.05) is 26.7 Å². The summed E-state index contributed by atoms with van der Waals surface area (Å²) >= 11 is 0. The van der Waals surface area contributed by atoms with Crippen LogP contribution in [0.1, 0.15) is 67.3 Å². The number of aromatic carboxylic acids is 1. The van der Waals surface area contributed by atoms with E-state index >= 15 is 0 Å². The Morgan fingerprint density at radius 2 is 2.00 bits per heavy atom. The summed E-state index contributed by atoms with van der Waals surface area (Å²) in [5, 5.41) is 13.9. The number of hydrogen-bond acceptors (Lipinski definition) is 2. The molecule has 2 rings (SSSR count). The molecule has 0 bridgehead atoms. The zero-order valence-corrected chi connectivity index (χ0v) is 10.6.